The molecule has 1 atom stereocenters. The van der Waals surface area contributed by atoms with E-state index in [0.29, 0.717) is 5.92 Å². The van der Waals surface area contributed by atoms with Gasteiger partial charge < -0.3 is 9.47 Å². The molecule has 8 nitrogen and oxygen atoms in total. The molecule has 0 radical (unpaired) electrons. The van der Waals surface area contributed by atoms with Crippen molar-refractivity contribution in [3.05, 3.63) is 24.2 Å². The van der Waals surface area contributed by atoms with E-state index in [1.54, 1.807) is 11.0 Å². The number of nitrogens with zero attached hydrogens (tertiary/aromatic N) is 8. The van der Waals surface area contributed by atoms with Crippen molar-refractivity contribution in [2.24, 2.45) is 7.05 Å². The van der Waals surface area contributed by atoms with Gasteiger partial charge in [0.1, 0.15) is 23.8 Å². The molecular formula is C18H24N8. The lowest BCUT2D eigenvalue weighted by molar-refractivity contribution is 0.464. The highest BCUT2D eigenvalue weighted by molar-refractivity contribution is 5.86. The fourth-order valence-corrected chi connectivity index (χ4v) is 4.39. The predicted molar refractivity (Wildman–Crippen MR) is 98.1 cm³/mol. The van der Waals surface area contributed by atoms with Crippen molar-refractivity contribution in [2.45, 2.75) is 51.0 Å². The molecule has 0 N–H and O–H groups in total. The summed E-state index contributed by atoms with van der Waals surface area (Å²) in [5.74, 6) is 3.74. The van der Waals surface area contributed by atoms with Gasteiger partial charge in [-0.05, 0) is 25.7 Å². The van der Waals surface area contributed by atoms with Gasteiger partial charge >= 0.3 is 0 Å². The molecule has 3 aromatic heterocycles. The first-order chi connectivity index (χ1) is 12.8. The Morgan fingerprint density at radius 2 is 2.00 bits per heavy atom. The van der Waals surface area contributed by atoms with Crippen LogP contribution in [0.15, 0.2) is 12.5 Å². The topological polar surface area (TPSA) is 77.5 Å². The highest BCUT2D eigenvalue weighted by atomic mass is 15.3. The van der Waals surface area contributed by atoms with Crippen LogP contribution in [-0.4, -0.2) is 47.6 Å². The van der Waals surface area contributed by atoms with Gasteiger partial charge in [-0.25, -0.2) is 9.97 Å². The van der Waals surface area contributed by atoms with Gasteiger partial charge in [0.25, 0.3) is 0 Å². The summed E-state index contributed by atoms with van der Waals surface area (Å²) >= 11 is 0. The van der Waals surface area contributed by atoms with Crippen LogP contribution in [0.3, 0.4) is 0 Å². The number of fused-ring (bicyclic) bond motifs is 2. The van der Waals surface area contributed by atoms with Crippen molar-refractivity contribution in [2.75, 3.05) is 18.0 Å². The Kier molecular flexibility index (Phi) is 3.83. The summed E-state index contributed by atoms with van der Waals surface area (Å²) in [6.45, 7) is 3.01. The number of rotatable bonds is 2. The lowest BCUT2D eigenvalue weighted by atomic mass is 9.97. The molecule has 5 heterocycles. The van der Waals surface area contributed by atoms with E-state index < -0.39 is 0 Å². The van der Waals surface area contributed by atoms with E-state index in [0.717, 1.165) is 55.7 Å². The molecule has 26 heavy (non-hydrogen) atoms. The SMILES string of the molecule is Cn1ncc2c(N3CCC[C@H](c4nnc5n4CCCCC5)C3)ncnc21. The molecule has 0 bridgehead atoms. The van der Waals surface area contributed by atoms with Crippen LogP contribution in [-0.2, 0) is 20.0 Å². The maximum Gasteiger partial charge on any atom is 0.163 e. The van der Waals surface area contributed by atoms with E-state index in [1.807, 2.05) is 13.2 Å². The minimum absolute atomic E-state index is 0.407. The zero-order valence-corrected chi connectivity index (χ0v) is 15.2. The first-order valence-electron chi connectivity index (χ1n) is 9.61. The molecule has 8 heteroatoms. The van der Waals surface area contributed by atoms with Gasteiger partial charge in [0.05, 0.1) is 11.6 Å². The number of aromatic nitrogens is 7. The van der Waals surface area contributed by atoms with Crippen LogP contribution < -0.4 is 4.90 Å². The standard InChI is InChI=1S/C18H24N8/c1-24-17-14(10-21-24)18(20-12-19-17)25-8-5-6-13(11-25)16-23-22-15-7-3-2-4-9-26(15)16/h10,12-13H,2-9,11H2,1H3/t13-/m0/s1. The van der Waals surface area contributed by atoms with E-state index in [9.17, 15) is 0 Å². The second-order valence-electron chi connectivity index (χ2n) is 7.42. The van der Waals surface area contributed by atoms with Crippen LogP contribution in [0.25, 0.3) is 11.0 Å². The normalized spacial score (nSPS) is 21.0. The predicted octanol–water partition coefficient (Wildman–Crippen LogP) is 2.07. The molecule has 0 aromatic carbocycles. The first kappa shape index (κ1) is 15.7. The maximum atomic E-state index is 4.59. The molecular weight excluding hydrogens is 328 g/mol. The van der Waals surface area contributed by atoms with E-state index in [2.05, 4.69) is 34.7 Å². The summed E-state index contributed by atoms with van der Waals surface area (Å²) in [6.07, 6.45) is 10.6. The van der Waals surface area contributed by atoms with Crippen LogP contribution in [0, 0.1) is 0 Å². The Balaban J connectivity index is 1.46. The third-order valence-corrected chi connectivity index (χ3v) is 5.73. The molecule has 3 aromatic rings. The Morgan fingerprint density at radius 3 is 2.96 bits per heavy atom. The van der Waals surface area contributed by atoms with Crippen molar-refractivity contribution >= 4 is 16.9 Å². The molecule has 1 saturated heterocycles. The second kappa shape index (κ2) is 6.34. The minimum atomic E-state index is 0.407. The molecule has 0 spiro atoms. The van der Waals surface area contributed by atoms with E-state index in [-0.39, 0.29) is 0 Å². The zero-order chi connectivity index (χ0) is 17.5. The molecule has 2 aliphatic heterocycles. The van der Waals surface area contributed by atoms with Gasteiger partial charge in [-0.1, -0.05) is 6.42 Å². The largest absolute Gasteiger partial charge is 0.355 e. The Hall–Kier alpha value is -2.51. The van der Waals surface area contributed by atoms with Gasteiger partial charge in [0.2, 0.25) is 0 Å². The Morgan fingerprint density at radius 1 is 1.04 bits per heavy atom. The van der Waals surface area contributed by atoms with Crippen LogP contribution in [0.4, 0.5) is 5.82 Å². The highest BCUT2D eigenvalue weighted by Gasteiger charge is 2.29. The molecule has 0 amide bonds. The van der Waals surface area contributed by atoms with Crippen molar-refractivity contribution in [3.8, 4) is 0 Å². The Bertz CT molecular complexity index is 927. The molecule has 5 rings (SSSR count). The van der Waals surface area contributed by atoms with E-state index in [1.165, 1.54) is 30.9 Å². The summed E-state index contributed by atoms with van der Waals surface area (Å²) in [4.78, 5) is 11.3. The van der Waals surface area contributed by atoms with E-state index in [4.69, 9.17) is 0 Å². The smallest absolute Gasteiger partial charge is 0.163 e. The van der Waals surface area contributed by atoms with Crippen LogP contribution in [0.1, 0.15) is 49.7 Å². The number of hydrogen-bond acceptors (Lipinski definition) is 6. The molecule has 0 saturated carbocycles. The third kappa shape index (κ3) is 2.55. The number of hydrogen-bond donors (Lipinski definition) is 0. The van der Waals surface area contributed by atoms with Crippen molar-refractivity contribution in [1.82, 2.24) is 34.5 Å². The molecule has 0 unspecified atom stereocenters. The lowest BCUT2D eigenvalue weighted by Crippen LogP contribution is -2.36. The van der Waals surface area contributed by atoms with Crippen molar-refractivity contribution < 1.29 is 0 Å². The summed E-state index contributed by atoms with van der Waals surface area (Å²) in [7, 11) is 1.92. The monoisotopic (exact) mass is 352 g/mol. The van der Waals surface area contributed by atoms with E-state index >= 15 is 0 Å². The average Bonchev–Trinajstić information content (AvgIpc) is 3.18. The second-order valence-corrected chi connectivity index (χ2v) is 7.42. The fourth-order valence-electron chi connectivity index (χ4n) is 4.39. The van der Waals surface area contributed by atoms with Gasteiger partial charge in [-0.15, -0.1) is 10.2 Å². The molecule has 1 fully saturated rings. The summed E-state index contributed by atoms with van der Waals surface area (Å²) in [5, 5.41) is 14.5. The number of piperidine rings is 1. The van der Waals surface area contributed by atoms with Crippen LogP contribution >= 0.6 is 0 Å². The number of anilines is 1. The molecule has 136 valence electrons. The van der Waals surface area contributed by atoms with Gasteiger partial charge in [0, 0.05) is 39.0 Å². The highest BCUT2D eigenvalue weighted by Crippen LogP contribution is 2.32. The third-order valence-electron chi connectivity index (χ3n) is 5.73. The summed E-state index contributed by atoms with van der Waals surface area (Å²) < 4.78 is 4.20. The van der Waals surface area contributed by atoms with Crippen LogP contribution in [0.5, 0.6) is 0 Å². The van der Waals surface area contributed by atoms with Gasteiger partial charge in [-0.3, -0.25) is 4.68 Å². The molecule has 0 aliphatic carbocycles. The van der Waals surface area contributed by atoms with Gasteiger partial charge in [-0.2, -0.15) is 5.10 Å². The minimum Gasteiger partial charge on any atom is -0.355 e. The van der Waals surface area contributed by atoms with Crippen LogP contribution in [0.2, 0.25) is 0 Å². The fraction of sp³-hybridized carbons (Fsp3) is 0.611. The Labute approximate surface area is 152 Å². The maximum absolute atomic E-state index is 4.59. The molecule has 2 aliphatic rings. The van der Waals surface area contributed by atoms with Gasteiger partial charge in [0.15, 0.2) is 5.65 Å². The zero-order valence-electron chi connectivity index (χ0n) is 15.2. The quantitative estimate of drug-likeness (QED) is 0.703. The lowest BCUT2D eigenvalue weighted by Gasteiger charge is -2.33. The van der Waals surface area contributed by atoms with Crippen molar-refractivity contribution in [1.29, 1.82) is 0 Å². The van der Waals surface area contributed by atoms with Crippen molar-refractivity contribution in [3.63, 3.8) is 0 Å². The number of aryl methyl sites for hydroxylation is 2. The first-order valence-corrected chi connectivity index (χ1v) is 9.61. The summed E-state index contributed by atoms with van der Waals surface area (Å²) in [6, 6.07) is 0. The summed E-state index contributed by atoms with van der Waals surface area (Å²) in [5.41, 5.74) is 0.883. The average molecular weight is 352 g/mol.